The number of furan rings is 1. The summed E-state index contributed by atoms with van der Waals surface area (Å²) in [6.07, 6.45) is 0.681. The highest BCUT2D eigenvalue weighted by Gasteiger charge is 2.15. The van der Waals surface area contributed by atoms with Crippen LogP contribution in [0.25, 0.3) is 33.6 Å². The van der Waals surface area contributed by atoms with Crippen molar-refractivity contribution in [2.45, 2.75) is 0 Å². The Labute approximate surface area is 151 Å². The molecule has 0 amide bonds. The van der Waals surface area contributed by atoms with E-state index in [1.54, 1.807) is 12.1 Å². The molecule has 0 saturated heterocycles. The number of hydrogen-bond donors (Lipinski definition) is 1. The molecule has 3 aromatic carbocycles. The number of phenolic OH excluding ortho intramolecular Hbond substituents is 1. The lowest BCUT2D eigenvalue weighted by Crippen LogP contribution is -1.87. The van der Waals surface area contributed by atoms with E-state index in [0.717, 1.165) is 16.7 Å². The minimum Gasteiger partial charge on any atom is -0.507 e. The lowest BCUT2D eigenvalue weighted by molar-refractivity contribution is 0.110. The molecule has 0 aliphatic heterocycles. The molecule has 0 aliphatic rings. The molecule has 3 heteroatoms. The van der Waals surface area contributed by atoms with Gasteiger partial charge in [-0.25, -0.2) is 0 Å². The van der Waals surface area contributed by atoms with Crippen LogP contribution in [0.3, 0.4) is 0 Å². The Morgan fingerprint density at radius 2 is 1.23 bits per heavy atom. The second-order valence-corrected chi connectivity index (χ2v) is 5.97. The molecule has 126 valence electrons. The topological polar surface area (TPSA) is 50.4 Å². The molecule has 0 fully saturated rings. The fourth-order valence-electron chi connectivity index (χ4n) is 3.02. The highest BCUT2D eigenvalue weighted by atomic mass is 16.3. The molecule has 1 aromatic heterocycles. The van der Waals surface area contributed by atoms with E-state index in [0.29, 0.717) is 23.2 Å². The van der Waals surface area contributed by atoms with E-state index in [2.05, 4.69) is 0 Å². The number of phenols is 1. The van der Waals surface area contributed by atoms with Gasteiger partial charge in [0.05, 0.1) is 0 Å². The summed E-state index contributed by atoms with van der Waals surface area (Å²) in [5, 5.41) is 10.9. The van der Waals surface area contributed by atoms with Crippen LogP contribution in [0.15, 0.2) is 89.3 Å². The number of aldehydes is 1. The first kappa shape index (κ1) is 15.9. The molecular weight excluding hydrogens is 324 g/mol. The zero-order valence-corrected chi connectivity index (χ0v) is 13.9. The Balaban J connectivity index is 1.96. The Hall–Kier alpha value is -3.59. The van der Waals surface area contributed by atoms with Crippen LogP contribution in [-0.2, 0) is 0 Å². The van der Waals surface area contributed by atoms with Crippen molar-refractivity contribution in [3.63, 3.8) is 0 Å². The summed E-state index contributed by atoms with van der Waals surface area (Å²) in [5.74, 6) is 1.07. The zero-order valence-electron chi connectivity index (χ0n) is 13.9. The predicted molar refractivity (Wildman–Crippen MR) is 102 cm³/mol. The van der Waals surface area contributed by atoms with Crippen LogP contribution in [-0.4, -0.2) is 11.4 Å². The molecule has 0 bridgehead atoms. The third kappa shape index (κ3) is 2.91. The largest absolute Gasteiger partial charge is 0.507 e. The van der Waals surface area contributed by atoms with Gasteiger partial charge in [-0.3, -0.25) is 4.79 Å². The monoisotopic (exact) mass is 340 g/mol. The number of carbonyl (C=O) groups is 1. The summed E-state index contributed by atoms with van der Waals surface area (Å²) in [6, 6.07) is 26.6. The van der Waals surface area contributed by atoms with Crippen molar-refractivity contribution in [2.75, 3.05) is 0 Å². The minimum absolute atomic E-state index is 0.216. The van der Waals surface area contributed by atoms with Crippen LogP contribution in [0.2, 0.25) is 0 Å². The van der Waals surface area contributed by atoms with E-state index in [1.807, 2.05) is 72.8 Å². The Morgan fingerprint density at radius 1 is 0.692 bits per heavy atom. The third-order valence-electron chi connectivity index (χ3n) is 4.31. The highest BCUT2D eigenvalue weighted by Crippen LogP contribution is 2.41. The van der Waals surface area contributed by atoms with Gasteiger partial charge >= 0.3 is 0 Å². The molecule has 0 spiro atoms. The molecule has 4 rings (SSSR count). The molecule has 26 heavy (non-hydrogen) atoms. The number of benzene rings is 3. The normalized spacial score (nSPS) is 10.6. The van der Waals surface area contributed by atoms with Crippen LogP contribution < -0.4 is 0 Å². The van der Waals surface area contributed by atoms with Crippen molar-refractivity contribution in [1.82, 2.24) is 0 Å². The second-order valence-electron chi connectivity index (χ2n) is 5.97. The fourth-order valence-corrected chi connectivity index (χ4v) is 3.02. The summed E-state index contributed by atoms with van der Waals surface area (Å²) >= 11 is 0. The van der Waals surface area contributed by atoms with Crippen LogP contribution >= 0.6 is 0 Å². The van der Waals surface area contributed by atoms with Crippen LogP contribution in [0.4, 0.5) is 0 Å². The highest BCUT2D eigenvalue weighted by molar-refractivity contribution is 5.87. The summed E-state index contributed by atoms with van der Waals surface area (Å²) < 4.78 is 5.59. The molecule has 0 aliphatic carbocycles. The first-order chi connectivity index (χ1) is 12.8. The van der Waals surface area contributed by atoms with Gasteiger partial charge < -0.3 is 9.52 Å². The van der Waals surface area contributed by atoms with Gasteiger partial charge in [0.25, 0.3) is 0 Å². The second kappa shape index (κ2) is 6.73. The van der Waals surface area contributed by atoms with Gasteiger partial charge in [0.2, 0.25) is 0 Å². The number of hydrogen-bond acceptors (Lipinski definition) is 3. The lowest BCUT2D eigenvalue weighted by atomic mass is 9.94. The standard InChI is InChI=1S/C23H16O3/c24-15-19-11-12-22(26-19)18-13-20(16-7-3-1-4-8-16)23(25)21(14-18)17-9-5-2-6-10-17/h1-15,25H. The Kier molecular flexibility index (Phi) is 4.12. The van der Waals surface area contributed by atoms with Crippen LogP contribution in [0.5, 0.6) is 5.75 Å². The van der Waals surface area contributed by atoms with E-state index < -0.39 is 0 Å². The molecule has 1 N–H and O–H groups in total. The molecule has 0 radical (unpaired) electrons. The van der Waals surface area contributed by atoms with E-state index in [1.165, 1.54) is 0 Å². The lowest BCUT2D eigenvalue weighted by Gasteiger charge is -2.13. The van der Waals surface area contributed by atoms with Crippen LogP contribution in [0.1, 0.15) is 10.6 Å². The predicted octanol–water partition coefficient (Wildman–Crippen LogP) is 5.80. The maximum Gasteiger partial charge on any atom is 0.185 e. The molecular formula is C23H16O3. The van der Waals surface area contributed by atoms with E-state index in [9.17, 15) is 9.90 Å². The molecule has 4 aromatic rings. The first-order valence-electron chi connectivity index (χ1n) is 8.29. The molecule has 0 saturated carbocycles. The third-order valence-corrected chi connectivity index (χ3v) is 4.31. The van der Waals surface area contributed by atoms with Gasteiger partial charge in [-0.05, 0) is 35.4 Å². The summed E-state index contributed by atoms with van der Waals surface area (Å²) in [5.41, 5.74) is 4.04. The van der Waals surface area contributed by atoms with Crippen molar-refractivity contribution in [3.05, 3.63) is 90.7 Å². The van der Waals surface area contributed by atoms with Gasteiger partial charge in [-0.1, -0.05) is 60.7 Å². The van der Waals surface area contributed by atoms with Gasteiger partial charge in [-0.15, -0.1) is 0 Å². The minimum atomic E-state index is 0.216. The summed E-state index contributed by atoms with van der Waals surface area (Å²) in [4.78, 5) is 10.9. The average molecular weight is 340 g/mol. The van der Waals surface area contributed by atoms with Crippen LogP contribution in [0, 0.1) is 0 Å². The maximum atomic E-state index is 10.9. The molecule has 0 atom stereocenters. The van der Waals surface area contributed by atoms with Gasteiger partial charge in [0.15, 0.2) is 12.0 Å². The Morgan fingerprint density at radius 3 is 1.69 bits per heavy atom. The smallest absolute Gasteiger partial charge is 0.185 e. The Bertz CT molecular complexity index is 987. The summed E-state index contributed by atoms with van der Waals surface area (Å²) in [7, 11) is 0. The van der Waals surface area contributed by atoms with Gasteiger partial charge in [-0.2, -0.15) is 0 Å². The molecule has 3 nitrogen and oxygen atoms in total. The van der Waals surface area contributed by atoms with Crippen molar-refractivity contribution in [3.8, 4) is 39.3 Å². The van der Waals surface area contributed by atoms with Crippen molar-refractivity contribution >= 4 is 6.29 Å². The SMILES string of the molecule is O=Cc1ccc(-c2cc(-c3ccccc3)c(O)c(-c3ccccc3)c2)o1. The number of rotatable bonds is 4. The van der Waals surface area contributed by atoms with E-state index in [4.69, 9.17) is 4.42 Å². The average Bonchev–Trinajstić information content (AvgIpc) is 3.19. The number of carbonyl (C=O) groups excluding carboxylic acids is 1. The summed E-state index contributed by atoms with van der Waals surface area (Å²) in [6.45, 7) is 0. The van der Waals surface area contributed by atoms with Gasteiger partial charge in [0.1, 0.15) is 11.5 Å². The quantitative estimate of drug-likeness (QED) is 0.478. The zero-order chi connectivity index (χ0) is 17.9. The molecule has 1 heterocycles. The fraction of sp³-hybridized carbons (Fsp3) is 0. The maximum absolute atomic E-state index is 10.9. The van der Waals surface area contributed by atoms with Crippen molar-refractivity contribution in [2.24, 2.45) is 0 Å². The molecule has 0 unspecified atom stereocenters. The van der Waals surface area contributed by atoms with E-state index >= 15 is 0 Å². The number of aromatic hydroxyl groups is 1. The van der Waals surface area contributed by atoms with Crippen molar-refractivity contribution in [1.29, 1.82) is 0 Å². The van der Waals surface area contributed by atoms with Gasteiger partial charge in [0, 0.05) is 16.7 Å². The van der Waals surface area contributed by atoms with Crippen molar-refractivity contribution < 1.29 is 14.3 Å². The van der Waals surface area contributed by atoms with E-state index in [-0.39, 0.29) is 11.5 Å². The first-order valence-corrected chi connectivity index (χ1v) is 8.29.